The van der Waals surface area contributed by atoms with E-state index < -0.39 is 30.2 Å². The lowest BCUT2D eigenvalue weighted by Gasteiger charge is -2.07. The number of rotatable bonds is 5. The van der Waals surface area contributed by atoms with Crippen LogP contribution in [0.3, 0.4) is 0 Å². The van der Waals surface area contributed by atoms with Gasteiger partial charge in [0.1, 0.15) is 6.61 Å². The van der Waals surface area contributed by atoms with Gasteiger partial charge >= 0.3 is 17.9 Å². The molecule has 0 radical (unpaired) electrons. The summed E-state index contributed by atoms with van der Waals surface area (Å²) in [5.41, 5.74) is 0. The van der Waals surface area contributed by atoms with E-state index in [9.17, 15) is 9.59 Å². The summed E-state index contributed by atoms with van der Waals surface area (Å²) in [7, 11) is 0. The summed E-state index contributed by atoms with van der Waals surface area (Å²) in [6, 6.07) is 0. The standard InChI is InChI=1S/C9H14O6/c1-3-7(11)14-6(5-10)9(13)15-8(12)4-2/h10,13H,3-5H2,1-2H3/b9-6-. The average Bonchev–Trinajstić information content (AvgIpc) is 2.24. The van der Waals surface area contributed by atoms with Gasteiger partial charge in [-0.15, -0.1) is 0 Å². The predicted molar refractivity (Wildman–Crippen MR) is 49.5 cm³/mol. The molecule has 86 valence electrons. The van der Waals surface area contributed by atoms with Crippen LogP contribution in [0.15, 0.2) is 11.7 Å². The largest absolute Gasteiger partial charge is 0.478 e. The third-order valence-corrected chi connectivity index (χ3v) is 1.41. The highest BCUT2D eigenvalue weighted by Gasteiger charge is 2.14. The predicted octanol–water partition coefficient (Wildman–Crippen LogP) is 0.612. The number of aliphatic hydroxyl groups excluding tert-OH is 2. The van der Waals surface area contributed by atoms with Crippen molar-refractivity contribution in [2.24, 2.45) is 0 Å². The van der Waals surface area contributed by atoms with Gasteiger partial charge in [-0.1, -0.05) is 13.8 Å². The van der Waals surface area contributed by atoms with E-state index in [1.807, 2.05) is 0 Å². The molecule has 0 rings (SSSR count). The number of ether oxygens (including phenoxy) is 2. The van der Waals surface area contributed by atoms with Gasteiger partial charge in [-0.25, -0.2) is 0 Å². The summed E-state index contributed by atoms with van der Waals surface area (Å²) in [6.45, 7) is 2.35. The van der Waals surface area contributed by atoms with Gasteiger partial charge in [0.05, 0.1) is 0 Å². The Labute approximate surface area is 87.1 Å². The van der Waals surface area contributed by atoms with Crippen molar-refractivity contribution in [2.75, 3.05) is 6.61 Å². The molecule has 0 unspecified atom stereocenters. The Bertz CT molecular complexity index is 268. The van der Waals surface area contributed by atoms with Crippen molar-refractivity contribution in [3.05, 3.63) is 11.7 Å². The van der Waals surface area contributed by atoms with E-state index in [1.54, 1.807) is 6.92 Å². The molecule has 0 amide bonds. The zero-order valence-electron chi connectivity index (χ0n) is 8.65. The summed E-state index contributed by atoms with van der Waals surface area (Å²) in [4.78, 5) is 21.6. The smallest absolute Gasteiger partial charge is 0.327 e. The molecule has 0 aromatic rings. The molecule has 0 atom stereocenters. The van der Waals surface area contributed by atoms with Crippen LogP contribution in [0.25, 0.3) is 0 Å². The lowest BCUT2D eigenvalue weighted by Crippen LogP contribution is -2.12. The first kappa shape index (κ1) is 13.4. The summed E-state index contributed by atoms with van der Waals surface area (Å²) >= 11 is 0. The number of carbonyl (C=O) groups excluding carboxylic acids is 2. The SMILES string of the molecule is CCC(=O)O/C(O)=C(/CO)OC(=O)CC. The molecule has 0 fully saturated rings. The average molecular weight is 218 g/mol. The Morgan fingerprint density at radius 3 is 1.93 bits per heavy atom. The third kappa shape index (κ3) is 5.02. The van der Waals surface area contributed by atoms with Gasteiger partial charge in [0.25, 0.3) is 0 Å². The maximum atomic E-state index is 10.8. The number of esters is 2. The van der Waals surface area contributed by atoms with Crippen molar-refractivity contribution in [2.45, 2.75) is 26.7 Å². The second kappa shape index (κ2) is 6.83. The zero-order valence-corrected chi connectivity index (χ0v) is 8.65. The van der Waals surface area contributed by atoms with Gasteiger partial charge in [-0.3, -0.25) is 9.59 Å². The van der Waals surface area contributed by atoms with Crippen molar-refractivity contribution >= 4 is 11.9 Å². The van der Waals surface area contributed by atoms with E-state index in [4.69, 9.17) is 10.2 Å². The zero-order chi connectivity index (χ0) is 11.8. The fourth-order valence-electron chi connectivity index (χ4n) is 0.590. The Balaban J connectivity index is 4.52. The summed E-state index contributed by atoms with van der Waals surface area (Å²) in [5.74, 6) is -2.68. The van der Waals surface area contributed by atoms with Crippen LogP contribution in [-0.4, -0.2) is 28.8 Å². The molecule has 0 aromatic carbocycles. The Morgan fingerprint density at radius 2 is 1.53 bits per heavy atom. The summed E-state index contributed by atoms with van der Waals surface area (Å²) < 4.78 is 8.88. The monoisotopic (exact) mass is 218 g/mol. The van der Waals surface area contributed by atoms with Crippen LogP contribution >= 0.6 is 0 Å². The summed E-state index contributed by atoms with van der Waals surface area (Å²) in [6.07, 6.45) is 0.142. The molecule has 0 spiro atoms. The summed E-state index contributed by atoms with van der Waals surface area (Å²) in [5, 5.41) is 17.9. The highest BCUT2D eigenvalue weighted by molar-refractivity contribution is 5.71. The van der Waals surface area contributed by atoms with Crippen LogP contribution in [0, 0.1) is 0 Å². The van der Waals surface area contributed by atoms with E-state index in [0.717, 1.165) is 0 Å². The van der Waals surface area contributed by atoms with Crippen molar-refractivity contribution in [1.29, 1.82) is 0 Å². The molecular formula is C9H14O6. The quantitative estimate of drug-likeness (QED) is 0.518. The van der Waals surface area contributed by atoms with E-state index in [2.05, 4.69) is 9.47 Å². The normalized spacial score (nSPS) is 11.7. The molecular weight excluding hydrogens is 204 g/mol. The maximum Gasteiger partial charge on any atom is 0.327 e. The molecule has 0 aliphatic heterocycles. The van der Waals surface area contributed by atoms with Crippen LogP contribution in [-0.2, 0) is 19.1 Å². The Kier molecular flexibility index (Phi) is 6.12. The van der Waals surface area contributed by atoms with Crippen molar-refractivity contribution < 1.29 is 29.3 Å². The Morgan fingerprint density at radius 1 is 1.07 bits per heavy atom. The number of aliphatic hydroxyl groups is 2. The molecule has 15 heavy (non-hydrogen) atoms. The second-order valence-electron chi connectivity index (χ2n) is 2.54. The third-order valence-electron chi connectivity index (χ3n) is 1.41. The van der Waals surface area contributed by atoms with Gasteiger partial charge in [-0.05, 0) is 0 Å². The molecule has 0 aliphatic carbocycles. The molecule has 0 saturated carbocycles. The van der Waals surface area contributed by atoms with Crippen LogP contribution in [0.4, 0.5) is 0 Å². The first-order valence-corrected chi connectivity index (χ1v) is 4.49. The van der Waals surface area contributed by atoms with Gasteiger partial charge in [0.15, 0.2) is 0 Å². The first-order valence-electron chi connectivity index (χ1n) is 4.49. The number of hydrogen-bond donors (Lipinski definition) is 2. The molecule has 0 bridgehead atoms. The van der Waals surface area contributed by atoms with Crippen LogP contribution < -0.4 is 0 Å². The van der Waals surface area contributed by atoms with E-state index in [0.29, 0.717) is 0 Å². The lowest BCUT2D eigenvalue weighted by atomic mass is 10.5. The topological polar surface area (TPSA) is 93.1 Å². The van der Waals surface area contributed by atoms with E-state index >= 15 is 0 Å². The van der Waals surface area contributed by atoms with Crippen LogP contribution in [0.2, 0.25) is 0 Å². The molecule has 6 heteroatoms. The highest BCUT2D eigenvalue weighted by atomic mass is 16.6. The van der Waals surface area contributed by atoms with Gasteiger partial charge in [-0.2, -0.15) is 0 Å². The number of hydrogen-bond acceptors (Lipinski definition) is 6. The van der Waals surface area contributed by atoms with Crippen molar-refractivity contribution in [1.82, 2.24) is 0 Å². The van der Waals surface area contributed by atoms with Crippen LogP contribution in [0.1, 0.15) is 26.7 Å². The van der Waals surface area contributed by atoms with Gasteiger partial charge < -0.3 is 19.7 Å². The van der Waals surface area contributed by atoms with E-state index in [-0.39, 0.29) is 12.8 Å². The molecule has 0 saturated heterocycles. The minimum Gasteiger partial charge on any atom is -0.478 e. The molecule has 0 aliphatic rings. The Hall–Kier alpha value is -1.56. The van der Waals surface area contributed by atoms with Crippen molar-refractivity contribution in [3.63, 3.8) is 0 Å². The molecule has 0 aromatic heterocycles. The first-order chi connectivity index (χ1) is 7.04. The fourth-order valence-corrected chi connectivity index (χ4v) is 0.590. The highest BCUT2D eigenvalue weighted by Crippen LogP contribution is 2.07. The maximum absolute atomic E-state index is 10.8. The molecule has 2 N–H and O–H groups in total. The van der Waals surface area contributed by atoms with E-state index in [1.165, 1.54) is 6.92 Å². The second-order valence-corrected chi connectivity index (χ2v) is 2.54. The minimum absolute atomic E-state index is 0.0600. The molecule has 0 heterocycles. The molecule has 6 nitrogen and oxygen atoms in total. The van der Waals surface area contributed by atoms with Gasteiger partial charge in [0, 0.05) is 12.8 Å². The van der Waals surface area contributed by atoms with Gasteiger partial charge in [0.2, 0.25) is 5.76 Å². The lowest BCUT2D eigenvalue weighted by molar-refractivity contribution is -0.147. The number of carbonyl (C=O) groups is 2. The minimum atomic E-state index is -0.883. The van der Waals surface area contributed by atoms with Crippen molar-refractivity contribution in [3.8, 4) is 0 Å². The van der Waals surface area contributed by atoms with Crippen LogP contribution in [0.5, 0.6) is 0 Å². The fraction of sp³-hybridized carbons (Fsp3) is 0.556.